The largest absolute Gasteiger partial charge is 0.342 e. The first-order valence-electron chi connectivity index (χ1n) is 13.2. The number of fused-ring (bicyclic) bond motifs is 1. The highest BCUT2D eigenvalue weighted by molar-refractivity contribution is 6.17. The van der Waals surface area contributed by atoms with E-state index < -0.39 is 5.54 Å². The lowest BCUT2D eigenvalue weighted by atomic mass is 9.98. The van der Waals surface area contributed by atoms with Gasteiger partial charge in [0.15, 0.2) is 0 Å². The van der Waals surface area contributed by atoms with E-state index in [1.807, 2.05) is 27.7 Å². The van der Waals surface area contributed by atoms with Crippen molar-refractivity contribution in [3.8, 4) is 11.1 Å². The zero-order valence-corrected chi connectivity index (χ0v) is 20.9. The van der Waals surface area contributed by atoms with Gasteiger partial charge in [-0.05, 0) is 73.8 Å². The molecule has 0 N–H and O–H groups in total. The van der Waals surface area contributed by atoms with E-state index in [1.165, 1.54) is 0 Å². The van der Waals surface area contributed by atoms with Crippen molar-refractivity contribution < 1.29 is 9.59 Å². The van der Waals surface area contributed by atoms with Crippen LogP contribution in [0.3, 0.4) is 0 Å². The van der Waals surface area contributed by atoms with Gasteiger partial charge in [-0.25, -0.2) is 0 Å². The molecule has 2 amide bonds. The van der Waals surface area contributed by atoms with Crippen molar-refractivity contribution in [3.05, 3.63) is 53.7 Å². The summed E-state index contributed by atoms with van der Waals surface area (Å²) in [5.74, 6) is 1.84. The van der Waals surface area contributed by atoms with Crippen LogP contribution < -0.4 is 0 Å². The summed E-state index contributed by atoms with van der Waals surface area (Å²) < 4.78 is 1.89. The molecule has 36 heavy (non-hydrogen) atoms. The zero-order chi connectivity index (χ0) is 24.6. The van der Waals surface area contributed by atoms with Gasteiger partial charge in [-0.15, -0.1) is 0 Å². The second-order valence-electron chi connectivity index (χ2n) is 11.2. The Morgan fingerprint density at radius 1 is 1.08 bits per heavy atom. The van der Waals surface area contributed by atoms with Gasteiger partial charge < -0.3 is 4.90 Å². The van der Waals surface area contributed by atoms with Gasteiger partial charge in [0.1, 0.15) is 11.4 Å². The van der Waals surface area contributed by atoms with Crippen LogP contribution in [0.1, 0.15) is 43.2 Å². The molecule has 2 aliphatic carbocycles. The SMILES string of the molecule is Cc1cc(-c2ccc3c(cnn3C)c2)ccc1C1=NC2(CC2)C(=O)N1C[C@@H]1CCN(C(=O)C2CC2)C1. The number of aliphatic imine (C=N–C) groups is 1. The highest BCUT2D eigenvalue weighted by Crippen LogP contribution is 2.46. The van der Waals surface area contributed by atoms with Crippen LogP contribution in [-0.4, -0.2) is 62.4 Å². The van der Waals surface area contributed by atoms with E-state index in [0.29, 0.717) is 18.4 Å². The van der Waals surface area contributed by atoms with Crippen molar-refractivity contribution in [2.24, 2.45) is 23.9 Å². The van der Waals surface area contributed by atoms with Crippen LogP contribution in [0, 0.1) is 18.8 Å². The molecule has 7 rings (SSSR count). The molecule has 1 aromatic heterocycles. The van der Waals surface area contributed by atoms with Gasteiger partial charge in [0.05, 0.1) is 11.7 Å². The lowest BCUT2D eigenvalue weighted by molar-refractivity contribution is -0.131. The number of rotatable bonds is 5. The summed E-state index contributed by atoms with van der Waals surface area (Å²) in [6, 6.07) is 12.9. The highest BCUT2D eigenvalue weighted by Gasteiger charge is 2.57. The van der Waals surface area contributed by atoms with Gasteiger partial charge in [0.25, 0.3) is 5.91 Å². The smallest absolute Gasteiger partial charge is 0.256 e. The number of amidine groups is 1. The maximum absolute atomic E-state index is 13.4. The van der Waals surface area contributed by atoms with Crippen LogP contribution in [0.15, 0.2) is 47.6 Å². The summed E-state index contributed by atoms with van der Waals surface area (Å²) in [6.07, 6.45) is 6.60. The third kappa shape index (κ3) is 3.47. The van der Waals surface area contributed by atoms with Crippen LogP contribution in [0.5, 0.6) is 0 Å². The van der Waals surface area contributed by atoms with Crippen LogP contribution in [0.25, 0.3) is 22.0 Å². The minimum absolute atomic E-state index is 0.148. The van der Waals surface area contributed by atoms with Crippen molar-refractivity contribution in [3.63, 3.8) is 0 Å². The molecule has 184 valence electrons. The summed E-state index contributed by atoms with van der Waals surface area (Å²) in [5.41, 5.74) is 5.02. The summed E-state index contributed by atoms with van der Waals surface area (Å²) >= 11 is 0. The molecular formula is C29H31N5O2. The Morgan fingerprint density at radius 3 is 2.61 bits per heavy atom. The highest BCUT2D eigenvalue weighted by atomic mass is 16.2. The van der Waals surface area contributed by atoms with Gasteiger partial charge in [-0.2, -0.15) is 5.10 Å². The van der Waals surface area contributed by atoms with Crippen LogP contribution in [-0.2, 0) is 16.6 Å². The standard InChI is InChI=1S/C29H31N5O2/c1-18-13-21(22-6-8-25-23(14-22)15-30-32(25)2)5-7-24(18)26-31-29(10-11-29)28(36)34(26)17-19-9-12-33(16-19)27(35)20-3-4-20/h5-8,13-15,19-20H,3-4,9-12,16-17H2,1-2H3/t19-/m1/s1. The van der Waals surface area contributed by atoms with E-state index in [2.05, 4.69) is 48.4 Å². The number of hydrogen-bond acceptors (Lipinski definition) is 4. The van der Waals surface area contributed by atoms with Crippen molar-refractivity contribution >= 4 is 28.6 Å². The van der Waals surface area contributed by atoms with Crippen molar-refractivity contribution in [2.75, 3.05) is 19.6 Å². The summed E-state index contributed by atoms with van der Waals surface area (Å²) in [4.78, 5) is 34.9. The van der Waals surface area contributed by atoms with Crippen molar-refractivity contribution in [2.45, 2.75) is 44.6 Å². The molecule has 2 aliphatic heterocycles. The Kier molecular flexibility index (Phi) is 4.69. The molecule has 7 nitrogen and oxygen atoms in total. The number of benzene rings is 2. The second kappa shape index (κ2) is 7.76. The minimum Gasteiger partial charge on any atom is -0.342 e. The zero-order valence-electron chi connectivity index (χ0n) is 20.9. The predicted octanol–water partition coefficient (Wildman–Crippen LogP) is 3.93. The predicted molar refractivity (Wildman–Crippen MR) is 139 cm³/mol. The molecule has 2 saturated carbocycles. The Labute approximate surface area is 210 Å². The Hall–Kier alpha value is -3.48. The lowest BCUT2D eigenvalue weighted by Gasteiger charge is -2.24. The summed E-state index contributed by atoms with van der Waals surface area (Å²) in [7, 11) is 1.96. The lowest BCUT2D eigenvalue weighted by Crippen LogP contribution is -2.41. The number of carbonyl (C=O) groups is 2. The second-order valence-corrected chi connectivity index (χ2v) is 11.2. The van der Waals surface area contributed by atoms with E-state index in [4.69, 9.17) is 4.99 Å². The van der Waals surface area contributed by atoms with Gasteiger partial charge in [-0.1, -0.05) is 24.3 Å². The molecule has 1 spiro atoms. The molecule has 4 aliphatic rings. The maximum atomic E-state index is 13.4. The van der Waals surface area contributed by atoms with E-state index in [0.717, 1.165) is 84.2 Å². The number of amides is 2. The van der Waals surface area contributed by atoms with Crippen molar-refractivity contribution in [1.82, 2.24) is 19.6 Å². The van der Waals surface area contributed by atoms with Crippen LogP contribution in [0.4, 0.5) is 0 Å². The number of aromatic nitrogens is 2. The quantitative estimate of drug-likeness (QED) is 0.555. The molecule has 3 heterocycles. The third-order valence-electron chi connectivity index (χ3n) is 8.45. The van der Waals surface area contributed by atoms with E-state index in [9.17, 15) is 9.59 Å². The number of carbonyl (C=O) groups excluding carboxylic acids is 2. The first kappa shape index (κ1) is 21.8. The first-order valence-corrected chi connectivity index (χ1v) is 13.2. The number of aryl methyl sites for hydroxylation is 2. The Morgan fingerprint density at radius 2 is 1.86 bits per heavy atom. The van der Waals surface area contributed by atoms with E-state index >= 15 is 0 Å². The van der Waals surface area contributed by atoms with Crippen LogP contribution in [0.2, 0.25) is 0 Å². The number of hydrogen-bond donors (Lipinski definition) is 0. The topological polar surface area (TPSA) is 70.8 Å². The van der Waals surface area contributed by atoms with Gasteiger partial charge >= 0.3 is 0 Å². The monoisotopic (exact) mass is 481 g/mol. The average Bonchev–Trinajstić information content (AvgIpc) is 3.78. The fraction of sp³-hybridized carbons (Fsp3) is 0.448. The fourth-order valence-corrected chi connectivity index (χ4v) is 5.94. The molecule has 3 fully saturated rings. The molecule has 3 aromatic rings. The minimum atomic E-state index is -0.534. The Bertz CT molecular complexity index is 1450. The molecule has 7 heteroatoms. The molecule has 0 radical (unpaired) electrons. The fourth-order valence-electron chi connectivity index (χ4n) is 5.94. The molecule has 2 aromatic carbocycles. The summed E-state index contributed by atoms with van der Waals surface area (Å²) in [5, 5.41) is 5.48. The first-order chi connectivity index (χ1) is 17.4. The average molecular weight is 482 g/mol. The molecular weight excluding hydrogens is 450 g/mol. The number of nitrogens with zero attached hydrogens (tertiary/aromatic N) is 5. The Balaban J connectivity index is 1.15. The number of likely N-dealkylation sites (tertiary alicyclic amines) is 1. The van der Waals surface area contributed by atoms with Gasteiger partial charge in [-0.3, -0.25) is 24.2 Å². The summed E-state index contributed by atoms with van der Waals surface area (Å²) in [6.45, 7) is 4.33. The molecule has 1 saturated heterocycles. The van der Waals surface area contributed by atoms with Gasteiger partial charge in [0.2, 0.25) is 5.91 Å². The maximum Gasteiger partial charge on any atom is 0.256 e. The molecule has 1 atom stereocenters. The normalized spacial score (nSPS) is 22.7. The van der Waals surface area contributed by atoms with Crippen LogP contribution >= 0.6 is 0 Å². The van der Waals surface area contributed by atoms with E-state index in [-0.39, 0.29) is 11.8 Å². The van der Waals surface area contributed by atoms with E-state index in [1.54, 1.807) is 0 Å². The van der Waals surface area contributed by atoms with Crippen molar-refractivity contribution in [1.29, 1.82) is 0 Å². The molecule has 0 bridgehead atoms. The molecule has 0 unspecified atom stereocenters. The van der Waals surface area contributed by atoms with Gasteiger partial charge in [0, 0.05) is 43.5 Å². The third-order valence-corrected chi connectivity index (χ3v) is 8.45.